The van der Waals surface area contributed by atoms with Crippen LogP contribution in [0, 0.1) is 51.2 Å². The Morgan fingerprint density at radius 2 is 1.68 bits per heavy atom. The van der Waals surface area contributed by atoms with E-state index in [-0.39, 0.29) is 33.6 Å². The lowest BCUT2D eigenvalue weighted by Crippen LogP contribution is -2.65. The summed E-state index contributed by atoms with van der Waals surface area (Å²) in [6, 6.07) is 0. The topological polar surface area (TPSA) is 66.4 Å². The van der Waals surface area contributed by atoms with Crippen molar-refractivity contribution in [1.82, 2.24) is 5.32 Å². The van der Waals surface area contributed by atoms with Crippen LogP contribution in [0.5, 0.6) is 0 Å². The summed E-state index contributed by atoms with van der Waals surface area (Å²) in [6.07, 6.45) is 11.1. The van der Waals surface area contributed by atoms with Gasteiger partial charge in [-0.25, -0.2) is 0 Å². The number of carboxylic acids is 1. The maximum absolute atomic E-state index is 12.8. The summed E-state index contributed by atoms with van der Waals surface area (Å²) < 4.78 is 0. The molecule has 0 radical (unpaired) electrons. The van der Waals surface area contributed by atoms with E-state index < -0.39 is 11.4 Å². The van der Waals surface area contributed by atoms with Crippen molar-refractivity contribution in [3.8, 4) is 0 Å². The number of allylic oxidation sites excluding steroid dienone is 2. The van der Waals surface area contributed by atoms with Crippen LogP contribution >= 0.6 is 0 Å². The highest BCUT2D eigenvalue weighted by molar-refractivity contribution is 5.77. The van der Waals surface area contributed by atoms with Gasteiger partial charge < -0.3 is 10.4 Å². The molecule has 5 aliphatic rings. The maximum Gasteiger partial charge on any atom is 0.310 e. The highest BCUT2D eigenvalue weighted by Gasteiger charge is 2.68. The molecule has 4 heteroatoms. The second-order valence-corrected chi connectivity index (χ2v) is 14.4. The Morgan fingerprint density at radius 1 is 0.971 bits per heavy atom. The van der Waals surface area contributed by atoms with E-state index in [9.17, 15) is 14.7 Å². The van der Waals surface area contributed by atoms with Crippen molar-refractivity contribution in [3.05, 3.63) is 11.6 Å². The number of rotatable bonds is 1. The van der Waals surface area contributed by atoms with Crippen molar-refractivity contribution in [3.63, 3.8) is 0 Å². The van der Waals surface area contributed by atoms with Crippen LogP contribution in [-0.4, -0.2) is 22.5 Å². The molecule has 0 bridgehead atoms. The molecule has 4 nitrogen and oxygen atoms in total. The van der Waals surface area contributed by atoms with Crippen LogP contribution in [0.4, 0.5) is 0 Å². The van der Waals surface area contributed by atoms with Gasteiger partial charge in [-0.15, -0.1) is 0 Å². The molecule has 2 N–H and O–H groups in total. The minimum absolute atomic E-state index is 0.0344. The number of hydrogen-bond donors (Lipinski definition) is 2. The molecule has 1 saturated heterocycles. The molecule has 4 fully saturated rings. The van der Waals surface area contributed by atoms with Crippen molar-refractivity contribution in [2.75, 3.05) is 0 Å². The van der Waals surface area contributed by atoms with E-state index in [1.54, 1.807) is 0 Å². The van der Waals surface area contributed by atoms with E-state index in [0.717, 1.165) is 44.9 Å². The molecule has 34 heavy (non-hydrogen) atoms. The molecule has 0 aromatic carbocycles. The molecule has 1 amide bonds. The Kier molecular flexibility index (Phi) is 5.27. The number of carbonyl (C=O) groups is 2. The molecule has 1 heterocycles. The highest BCUT2D eigenvalue weighted by Crippen LogP contribution is 2.74. The SMILES string of the molecule is C[C@H]1[C@H]2C3=CC[C@@H]4[C@@]5(C)CCC(=O)NC(C)(C)[C@@H]5CC[C@@]4(C)[C@]3(C)CC[C@@]2(C(=O)O)CC[C@@H]1C. The van der Waals surface area contributed by atoms with E-state index in [4.69, 9.17) is 0 Å². The first kappa shape index (κ1) is 24.4. The van der Waals surface area contributed by atoms with E-state index in [2.05, 4.69) is 59.9 Å². The molecule has 9 atom stereocenters. The predicted molar refractivity (Wildman–Crippen MR) is 135 cm³/mol. The summed E-state index contributed by atoms with van der Waals surface area (Å²) in [4.78, 5) is 25.5. The first-order chi connectivity index (χ1) is 15.7. The van der Waals surface area contributed by atoms with E-state index in [0.29, 0.717) is 30.1 Å². The number of hydrogen-bond acceptors (Lipinski definition) is 2. The van der Waals surface area contributed by atoms with Gasteiger partial charge in [-0.2, -0.15) is 0 Å². The molecule has 4 aliphatic carbocycles. The largest absolute Gasteiger partial charge is 0.481 e. The van der Waals surface area contributed by atoms with Gasteiger partial charge in [-0.1, -0.05) is 46.3 Å². The monoisotopic (exact) mass is 469 g/mol. The number of amides is 1. The standard InChI is InChI=1S/C30H47NO3/c1-18-10-15-30(25(33)34)17-16-28(6)20(24(30)19(18)2)8-9-22-27(5)13-12-23(32)31-26(3,4)21(27)11-14-29(22,28)7/h8,18-19,21-22,24H,9-17H2,1-7H3,(H,31,32)(H,33,34)/t18-,19+,21-,22+,24-,27-,28+,29+,30-/m0/s1. The normalized spacial score (nSPS) is 52.0. The Labute approximate surface area is 206 Å². The zero-order chi connectivity index (χ0) is 24.9. The van der Waals surface area contributed by atoms with Gasteiger partial charge in [0.05, 0.1) is 5.41 Å². The zero-order valence-electron chi connectivity index (χ0n) is 22.6. The van der Waals surface area contributed by atoms with Gasteiger partial charge in [-0.3, -0.25) is 9.59 Å². The third-order valence-corrected chi connectivity index (χ3v) is 12.9. The fourth-order valence-corrected chi connectivity index (χ4v) is 10.7. The first-order valence-corrected chi connectivity index (χ1v) is 14.0. The van der Waals surface area contributed by atoms with Crippen LogP contribution in [0.15, 0.2) is 11.6 Å². The average Bonchev–Trinajstić information content (AvgIpc) is 2.83. The maximum atomic E-state index is 12.8. The molecule has 3 saturated carbocycles. The van der Waals surface area contributed by atoms with Crippen LogP contribution in [-0.2, 0) is 9.59 Å². The Bertz CT molecular complexity index is 937. The second kappa shape index (κ2) is 7.35. The van der Waals surface area contributed by atoms with Gasteiger partial charge in [-0.05, 0) is 111 Å². The summed E-state index contributed by atoms with van der Waals surface area (Å²) in [6.45, 7) is 16.7. The lowest BCUT2D eigenvalue weighted by atomic mass is 9.34. The van der Waals surface area contributed by atoms with Crippen LogP contribution in [0.3, 0.4) is 0 Å². The van der Waals surface area contributed by atoms with Gasteiger partial charge in [0.15, 0.2) is 0 Å². The molecule has 0 unspecified atom stereocenters. The second-order valence-electron chi connectivity index (χ2n) is 14.4. The fourth-order valence-electron chi connectivity index (χ4n) is 10.7. The summed E-state index contributed by atoms with van der Waals surface area (Å²) in [5, 5.41) is 13.9. The van der Waals surface area contributed by atoms with Crippen LogP contribution in [0.2, 0.25) is 0 Å². The van der Waals surface area contributed by atoms with Gasteiger partial charge in [0.1, 0.15) is 0 Å². The smallest absolute Gasteiger partial charge is 0.310 e. The molecule has 5 rings (SSSR count). The Hall–Kier alpha value is -1.32. The first-order valence-electron chi connectivity index (χ1n) is 14.0. The number of nitrogens with one attached hydrogen (secondary N) is 1. The summed E-state index contributed by atoms with van der Waals surface area (Å²) in [5.74, 6) is 1.77. The van der Waals surface area contributed by atoms with Gasteiger partial charge in [0.25, 0.3) is 0 Å². The molecular weight excluding hydrogens is 422 g/mol. The van der Waals surface area contributed by atoms with Crippen molar-refractivity contribution < 1.29 is 14.7 Å². The zero-order valence-corrected chi connectivity index (χ0v) is 22.6. The molecule has 0 aromatic heterocycles. The number of carboxylic acid groups (broad SMARTS) is 1. The van der Waals surface area contributed by atoms with E-state index in [1.165, 1.54) is 12.0 Å². The number of fused-ring (bicyclic) bond motifs is 7. The number of aliphatic carboxylic acids is 1. The van der Waals surface area contributed by atoms with Crippen molar-refractivity contribution in [2.45, 2.75) is 112 Å². The van der Waals surface area contributed by atoms with Crippen LogP contribution in [0.25, 0.3) is 0 Å². The molecule has 0 spiro atoms. The Balaban J connectivity index is 1.62. The third-order valence-electron chi connectivity index (χ3n) is 12.9. The summed E-state index contributed by atoms with van der Waals surface area (Å²) >= 11 is 0. The summed E-state index contributed by atoms with van der Waals surface area (Å²) in [5.41, 5.74) is 0.995. The van der Waals surface area contributed by atoms with Crippen molar-refractivity contribution >= 4 is 11.9 Å². The third kappa shape index (κ3) is 2.89. The minimum atomic E-state index is -0.581. The predicted octanol–water partition coefficient (Wildman–Crippen LogP) is 6.60. The van der Waals surface area contributed by atoms with Gasteiger partial charge in [0, 0.05) is 12.0 Å². The number of carbonyl (C=O) groups excluding carboxylic acids is 1. The van der Waals surface area contributed by atoms with E-state index in [1.807, 2.05) is 0 Å². The average molecular weight is 470 g/mol. The van der Waals surface area contributed by atoms with Gasteiger partial charge in [0.2, 0.25) is 5.91 Å². The van der Waals surface area contributed by atoms with Crippen LogP contribution < -0.4 is 5.32 Å². The molecular formula is C30H47NO3. The highest BCUT2D eigenvalue weighted by atomic mass is 16.4. The van der Waals surface area contributed by atoms with Crippen molar-refractivity contribution in [1.29, 1.82) is 0 Å². The Morgan fingerprint density at radius 3 is 2.35 bits per heavy atom. The molecule has 190 valence electrons. The minimum Gasteiger partial charge on any atom is -0.481 e. The van der Waals surface area contributed by atoms with Crippen LogP contribution in [0.1, 0.15) is 106 Å². The lowest BCUT2D eigenvalue weighted by molar-refractivity contribution is -0.178. The van der Waals surface area contributed by atoms with E-state index >= 15 is 0 Å². The molecule has 0 aromatic rings. The van der Waals surface area contributed by atoms with Gasteiger partial charge >= 0.3 is 5.97 Å². The molecule has 1 aliphatic heterocycles. The quantitative estimate of drug-likeness (QED) is 0.425. The van der Waals surface area contributed by atoms with Crippen molar-refractivity contribution in [2.24, 2.45) is 51.2 Å². The fraction of sp³-hybridized carbons (Fsp3) is 0.867. The lowest BCUT2D eigenvalue weighted by Gasteiger charge is -2.69. The summed E-state index contributed by atoms with van der Waals surface area (Å²) in [7, 11) is 0.